The summed E-state index contributed by atoms with van der Waals surface area (Å²) >= 11 is 3.86. The average Bonchev–Trinajstić information content (AvgIpc) is 3.02. The summed E-state index contributed by atoms with van der Waals surface area (Å²) in [5.41, 5.74) is 7.77. The number of hydrogen-bond acceptors (Lipinski definition) is 6. The van der Waals surface area contributed by atoms with Gasteiger partial charge in [0.1, 0.15) is 0 Å². The number of amides is 1. The van der Waals surface area contributed by atoms with Crippen LogP contribution >= 0.6 is 23.5 Å². The zero-order chi connectivity index (χ0) is 14.7. The Labute approximate surface area is 131 Å². The second kappa shape index (κ2) is 6.36. The largest absolute Gasteiger partial charge is 0.382 e. The molecule has 1 fully saturated rings. The topological polar surface area (TPSA) is 80.9 Å². The van der Waals surface area contributed by atoms with E-state index in [1.165, 1.54) is 29.5 Å². The molecule has 0 radical (unpaired) electrons. The number of nitrogens with zero attached hydrogens (tertiary/aromatic N) is 2. The van der Waals surface area contributed by atoms with Gasteiger partial charge in [0.15, 0.2) is 11.5 Å². The maximum Gasteiger partial charge on any atom is 0.278 e. The summed E-state index contributed by atoms with van der Waals surface area (Å²) < 4.78 is 0.448. The van der Waals surface area contributed by atoms with Crippen LogP contribution in [-0.2, 0) is 0 Å². The molecular formula is C14H14N4OS2. The van der Waals surface area contributed by atoms with Gasteiger partial charge in [0, 0.05) is 29.6 Å². The van der Waals surface area contributed by atoms with Crippen molar-refractivity contribution in [3.05, 3.63) is 47.9 Å². The lowest BCUT2D eigenvalue weighted by molar-refractivity contribution is 0.102. The molecule has 1 amide bonds. The van der Waals surface area contributed by atoms with Crippen molar-refractivity contribution in [1.82, 2.24) is 9.97 Å². The van der Waals surface area contributed by atoms with Crippen molar-refractivity contribution < 1.29 is 4.79 Å². The van der Waals surface area contributed by atoms with Crippen LogP contribution in [0.1, 0.15) is 20.6 Å². The maximum absolute atomic E-state index is 12.2. The minimum atomic E-state index is -0.343. The van der Waals surface area contributed by atoms with Crippen LogP contribution in [0.2, 0.25) is 0 Å². The molecule has 1 aromatic carbocycles. The first-order chi connectivity index (χ1) is 10.2. The van der Waals surface area contributed by atoms with Crippen LogP contribution in [0.4, 0.5) is 11.5 Å². The molecule has 0 aliphatic carbocycles. The molecule has 1 saturated heterocycles. The number of hydrogen-bond donors (Lipinski definition) is 2. The quantitative estimate of drug-likeness (QED) is 0.906. The van der Waals surface area contributed by atoms with Gasteiger partial charge >= 0.3 is 0 Å². The van der Waals surface area contributed by atoms with E-state index >= 15 is 0 Å². The van der Waals surface area contributed by atoms with E-state index in [4.69, 9.17) is 5.73 Å². The molecule has 2 heterocycles. The van der Waals surface area contributed by atoms with Crippen molar-refractivity contribution in [1.29, 1.82) is 0 Å². The number of carbonyl (C=O) groups is 1. The Kier molecular flexibility index (Phi) is 4.31. The monoisotopic (exact) mass is 318 g/mol. The van der Waals surface area contributed by atoms with Crippen LogP contribution in [0.3, 0.4) is 0 Å². The zero-order valence-corrected chi connectivity index (χ0v) is 12.8. The molecule has 5 nitrogen and oxygen atoms in total. The predicted molar refractivity (Wildman–Crippen MR) is 88.5 cm³/mol. The van der Waals surface area contributed by atoms with E-state index in [0.29, 0.717) is 4.58 Å². The lowest BCUT2D eigenvalue weighted by Crippen LogP contribution is -2.16. The molecular weight excluding hydrogens is 304 g/mol. The molecule has 2 aromatic rings. The van der Waals surface area contributed by atoms with Crippen LogP contribution in [-0.4, -0.2) is 27.4 Å². The third-order valence-corrected chi connectivity index (χ3v) is 6.08. The lowest BCUT2D eigenvalue weighted by atomic mass is 10.2. The van der Waals surface area contributed by atoms with Gasteiger partial charge in [0.2, 0.25) is 0 Å². The van der Waals surface area contributed by atoms with E-state index in [0.717, 1.165) is 5.69 Å². The fourth-order valence-corrected chi connectivity index (χ4v) is 4.87. The second-order valence-electron chi connectivity index (χ2n) is 4.44. The van der Waals surface area contributed by atoms with Gasteiger partial charge in [-0.1, -0.05) is 12.1 Å². The Morgan fingerprint density at radius 3 is 2.76 bits per heavy atom. The Morgan fingerprint density at radius 1 is 1.24 bits per heavy atom. The Morgan fingerprint density at radius 2 is 2.00 bits per heavy atom. The van der Waals surface area contributed by atoms with Crippen LogP contribution in [0, 0.1) is 0 Å². The van der Waals surface area contributed by atoms with E-state index in [1.54, 1.807) is 0 Å². The fraction of sp³-hybridized carbons (Fsp3) is 0.214. The van der Waals surface area contributed by atoms with E-state index in [-0.39, 0.29) is 17.4 Å². The van der Waals surface area contributed by atoms with E-state index < -0.39 is 0 Å². The summed E-state index contributed by atoms with van der Waals surface area (Å²) in [4.78, 5) is 20.0. The van der Waals surface area contributed by atoms with Crippen molar-refractivity contribution in [2.24, 2.45) is 0 Å². The van der Waals surface area contributed by atoms with Gasteiger partial charge in [0.05, 0.1) is 4.58 Å². The number of aromatic nitrogens is 2. The molecule has 7 heteroatoms. The first-order valence-electron chi connectivity index (χ1n) is 6.45. The third kappa shape index (κ3) is 3.30. The SMILES string of the molecule is Nc1nccnc1C(=O)Nc1cccc(C2SCCS2)c1. The maximum atomic E-state index is 12.2. The molecule has 1 aliphatic rings. The molecule has 1 aromatic heterocycles. The summed E-state index contributed by atoms with van der Waals surface area (Å²) in [6, 6.07) is 7.89. The van der Waals surface area contributed by atoms with Crippen LogP contribution in [0.5, 0.6) is 0 Å². The van der Waals surface area contributed by atoms with Gasteiger partial charge in [-0.3, -0.25) is 4.79 Å². The fourth-order valence-electron chi connectivity index (χ4n) is 2.03. The number of benzene rings is 1. The summed E-state index contributed by atoms with van der Waals surface area (Å²) in [5, 5.41) is 2.82. The van der Waals surface area contributed by atoms with Crippen LogP contribution in [0.15, 0.2) is 36.7 Å². The van der Waals surface area contributed by atoms with Gasteiger partial charge < -0.3 is 11.1 Å². The van der Waals surface area contributed by atoms with E-state index in [2.05, 4.69) is 21.4 Å². The minimum Gasteiger partial charge on any atom is -0.382 e. The lowest BCUT2D eigenvalue weighted by Gasteiger charge is -2.11. The highest BCUT2D eigenvalue weighted by Gasteiger charge is 2.19. The van der Waals surface area contributed by atoms with Crippen molar-refractivity contribution in [2.75, 3.05) is 22.6 Å². The molecule has 0 atom stereocenters. The van der Waals surface area contributed by atoms with Gasteiger partial charge in [-0.25, -0.2) is 9.97 Å². The van der Waals surface area contributed by atoms with Gasteiger partial charge in [-0.05, 0) is 17.7 Å². The summed E-state index contributed by atoms with van der Waals surface area (Å²) in [6.45, 7) is 0. The van der Waals surface area contributed by atoms with Crippen molar-refractivity contribution in [3.63, 3.8) is 0 Å². The van der Waals surface area contributed by atoms with Crippen molar-refractivity contribution in [3.8, 4) is 0 Å². The van der Waals surface area contributed by atoms with E-state index in [9.17, 15) is 4.79 Å². The van der Waals surface area contributed by atoms with Gasteiger partial charge in [-0.15, -0.1) is 23.5 Å². The first kappa shape index (κ1) is 14.2. The number of nitrogen functional groups attached to an aromatic ring is 1. The second-order valence-corrected chi connectivity index (χ2v) is 7.17. The van der Waals surface area contributed by atoms with Crippen LogP contribution in [0.25, 0.3) is 0 Å². The number of carbonyl (C=O) groups excluding carboxylic acids is 1. The molecule has 3 rings (SSSR count). The molecule has 1 aliphatic heterocycles. The standard InChI is InChI=1S/C14H14N4OS2/c15-12-11(16-4-5-17-12)13(19)18-10-3-1-2-9(8-10)14-20-6-7-21-14/h1-5,8,14H,6-7H2,(H2,15,17)(H,18,19). The summed E-state index contributed by atoms with van der Waals surface area (Å²) in [6.07, 6.45) is 2.91. The Bertz CT molecular complexity index is 659. The van der Waals surface area contributed by atoms with Gasteiger partial charge in [0.25, 0.3) is 5.91 Å². The number of nitrogens with two attached hydrogens (primary N) is 1. The third-order valence-electron chi connectivity index (χ3n) is 2.98. The molecule has 0 unspecified atom stereocenters. The number of anilines is 2. The van der Waals surface area contributed by atoms with Crippen molar-refractivity contribution >= 4 is 40.9 Å². The van der Waals surface area contributed by atoms with Crippen LogP contribution < -0.4 is 11.1 Å². The number of thioether (sulfide) groups is 2. The van der Waals surface area contributed by atoms with E-state index in [1.807, 2.05) is 41.7 Å². The first-order valence-corrected chi connectivity index (χ1v) is 8.55. The Hall–Kier alpha value is -1.73. The molecule has 0 saturated carbocycles. The predicted octanol–water partition coefficient (Wildman–Crippen LogP) is 2.79. The van der Waals surface area contributed by atoms with Crippen molar-refractivity contribution in [2.45, 2.75) is 4.58 Å². The average molecular weight is 318 g/mol. The highest BCUT2D eigenvalue weighted by molar-refractivity contribution is 8.19. The van der Waals surface area contributed by atoms with Gasteiger partial charge in [-0.2, -0.15) is 0 Å². The zero-order valence-electron chi connectivity index (χ0n) is 11.2. The molecule has 108 valence electrons. The number of rotatable bonds is 3. The highest BCUT2D eigenvalue weighted by atomic mass is 32.2. The minimum absolute atomic E-state index is 0.132. The molecule has 0 bridgehead atoms. The highest BCUT2D eigenvalue weighted by Crippen LogP contribution is 2.45. The smallest absolute Gasteiger partial charge is 0.278 e. The summed E-state index contributed by atoms with van der Waals surface area (Å²) in [7, 11) is 0. The number of nitrogens with one attached hydrogen (secondary N) is 1. The Balaban J connectivity index is 1.77. The molecule has 21 heavy (non-hydrogen) atoms. The molecule has 3 N–H and O–H groups in total. The summed E-state index contributed by atoms with van der Waals surface area (Å²) in [5.74, 6) is 2.13. The molecule has 0 spiro atoms. The normalized spacial score (nSPS) is 15.0.